The molecule has 0 aromatic heterocycles. The number of nitrogens with two attached hydrogens (primary N) is 1. The third-order valence-corrected chi connectivity index (χ3v) is 4.60. The maximum Gasteiger partial charge on any atom is 0.305 e. The number of carboxylic acid groups (broad SMARTS) is 1. The van der Waals surface area contributed by atoms with E-state index in [1.165, 1.54) is 11.3 Å². The fourth-order valence-electron chi connectivity index (χ4n) is 3.07. The van der Waals surface area contributed by atoms with Crippen LogP contribution in [0.4, 0.5) is 11.4 Å². The number of para-hydroxylation sites is 1. The second-order valence-corrected chi connectivity index (χ2v) is 6.71. The van der Waals surface area contributed by atoms with Crippen LogP contribution in [0, 0.1) is 0 Å². The van der Waals surface area contributed by atoms with Gasteiger partial charge in [0.2, 0.25) is 5.91 Å². The molecule has 0 saturated carbocycles. The highest BCUT2D eigenvalue weighted by Gasteiger charge is 2.17. The summed E-state index contributed by atoms with van der Waals surface area (Å²) in [6.45, 7) is 0. The lowest BCUT2D eigenvalue weighted by Gasteiger charge is -2.26. The summed E-state index contributed by atoms with van der Waals surface area (Å²) >= 11 is 0. The van der Waals surface area contributed by atoms with Crippen LogP contribution < -0.4 is 16.0 Å². The smallest absolute Gasteiger partial charge is 0.305 e. The molecule has 6 nitrogen and oxygen atoms in total. The second-order valence-electron chi connectivity index (χ2n) is 6.71. The van der Waals surface area contributed by atoms with E-state index in [2.05, 4.69) is 40.7 Å². The van der Waals surface area contributed by atoms with Crippen molar-refractivity contribution in [3.8, 4) is 0 Å². The molecule has 1 aliphatic heterocycles. The minimum Gasteiger partial charge on any atom is -0.481 e. The number of carbonyl (C=O) groups excluding carboxylic acids is 1. The first-order valence-corrected chi connectivity index (χ1v) is 9.00. The van der Waals surface area contributed by atoms with Crippen LogP contribution in [0.1, 0.15) is 23.5 Å². The number of hydrogen-bond donors (Lipinski definition) is 3. The van der Waals surface area contributed by atoms with E-state index in [0.717, 1.165) is 5.56 Å². The molecule has 0 saturated heterocycles. The fourth-order valence-corrected chi connectivity index (χ4v) is 3.07. The zero-order valence-electron chi connectivity index (χ0n) is 15.6. The Morgan fingerprint density at radius 3 is 2.64 bits per heavy atom. The van der Waals surface area contributed by atoms with Crippen molar-refractivity contribution >= 4 is 29.3 Å². The van der Waals surface area contributed by atoms with Gasteiger partial charge in [0.15, 0.2) is 0 Å². The van der Waals surface area contributed by atoms with Crippen LogP contribution in [0.5, 0.6) is 0 Å². The standard InChI is InChI=1S/C22H23N3O3/c1-25-13-12-16(18-4-2-3-5-20(18)25)9-6-15-7-10-17(11-8-15)24-22(28)19(23)14-21(26)27/h2-13,16,19H,14,23H2,1H3,(H,24,28)(H,26,27)/b9-6+/t16?,19-/m1/s1. The van der Waals surface area contributed by atoms with Gasteiger partial charge in [-0.1, -0.05) is 48.6 Å². The quantitative estimate of drug-likeness (QED) is 0.719. The summed E-state index contributed by atoms with van der Waals surface area (Å²) < 4.78 is 0. The molecule has 1 heterocycles. The van der Waals surface area contributed by atoms with Gasteiger partial charge in [-0.2, -0.15) is 0 Å². The number of hydrogen-bond acceptors (Lipinski definition) is 4. The Bertz CT molecular complexity index is 919. The Hall–Kier alpha value is -3.38. The molecule has 3 rings (SSSR count). The summed E-state index contributed by atoms with van der Waals surface area (Å²) in [4.78, 5) is 24.6. The topological polar surface area (TPSA) is 95.7 Å². The van der Waals surface area contributed by atoms with Crippen LogP contribution in [-0.2, 0) is 9.59 Å². The SMILES string of the molecule is CN1C=CC(/C=C/c2ccc(NC(=O)[C@H](N)CC(=O)O)cc2)c2ccccc21. The van der Waals surface area contributed by atoms with E-state index in [1.54, 1.807) is 12.1 Å². The Morgan fingerprint density at radius 2 is 1.93 bits per heavy atom. The van der Waals surface area contributed by atoms with Gasteiger partial charge in [0.1, 0.15) is 0 Å². The van der Waals surface area contributed by atoms with E-state index in [1.807, 2.05) is 37.4 Å². The van der Waals surface area contributed by atoms with Crippen molar-refractivity contribution < 1.29 is 14.7 Å². The number of allylic oxidation sites excluding steroid dienone is 2. The van der Waals surface area contributed by atoms with E-state index >= 15 is 0 Å². The van der Waals surface area contributed by atoms with Crippen molar-refractivity contribution in [1.29, 1.82) is 0 Å². The Labute approximate surface area is 164 Å². The third kappa shape index (κ3) is 4.66. The van der Waals surface area contributed by atoms with E-state index < -0.39 is 24.3 Å². The number of carbonyl (C=O) groups is 2. The molecule has 4 N–H and O–H groups in total. The molecular weight excluding hydrogens is 354 g/mol. The molecule has 28 heavy (non-hydrogen) atoms. The van der Waals surface area contributed by atoms with Crippen molar-refractivity contribution in [2.45, 2.75) is 18.4 Å². The summed E-state index contributed by atoms with van der Waals surface area (Å²) in [5, 5.41) is 11.3. The van der Waals surface area contributed by atoms with Crippen LogP contribution >= 0.6 is 0 Å². The average molecular weight is 377 g/mol. The Kier molecular flexibility index (Phi) is 5.91. The average Bonchev–Trinajstić information content (AvgIpc) is 2.68. The van der Waals surface area contributed by atoms with Crippen molar-refractivity contribution in [1.82, 2.24) is 0 Å². The minimum atomic E-state index is -1.10. The summed E-state index contributed by atoms with van der Waals surface area (Å²) in [6, 6.07) is 14.5. The fraction of sp³-hybridized carbons (Fsp3) is 0.182. The highest BCUT2D eigenvalue weighted by molar-refractivity contribution is 5.96. The summed E-state index contributed by atoms with van der Waals surface area (Å²) in [5.41, 5.74) is 9.58. The van der Waals surface area contributed by atoms with Gasteiger partial charge in [0, 0.05) is 30.5 Å². The molecule has 0 bridgehead atoms. The van der Waals surface area contributed by atoms with Crippen LogP contribution in [0.15, 0.2) is 66.9 Å². The van der Waals surface area contributed by atoms with Crippen LogP contribution in [0.3, 0.4) is 0 Å². The first kappa shape index (κ1) is 19.4. The molecule has 0 fully saturated rings. The van der Waals surface area contributed by atoms with Gasteiger partial charge >= 0.3 is 5.97 Å². The van der Waals surface area contributed by atoms with Gasteiger partial charge in [0.25, 0.3) is 0 Å². The van der Waals surface area contributed by atoms with Gasteiger partial charge in [-0.3, -0.25) is 9.59 Å². The second kappa shape index (κ2) is 8.54. The van der Waals surface area contributed by atoms with Gasteiger partial charge < -0.3 is 21.1 Å². The minimum absolute atomic E-state index is 0.195. The van der Waals surface area contributed by atoms with Crippen molar-refractivity contribution in [2.75, 3.05) is 17.3 Å². The van der Waals surface area contributed by atoms with Gasteiger partial charge in [-0.15, -0.1) is 0 Å². The number of rotatable bonds is 6. The molecule has 2 aromatic carbocycles. The number of anilines is 2. The van der Waals surface area contributed by atoms with E-state index in [9.17, 15) is 9.59 Å². The summed E-state index contributed by atoms with van der Waals surface area (Å²) in [7, 11) is 2.03. The maximum atomic E-state index is 11.9. The molecular formula is C22H23N3O3. The van der Waals surface area contributed by atoms with E-state index in [-0.39, 0.29) is 5.92 Å². The molecule has 1 unspecified atom stereocenters. The largest absolute Gasteiger partial charge is 0.481 e. The predicted molar refractivity (Wildman–Crippen MR) is 111 cm³/mol. The number of benzene rings is 2. The first-order valence-electron chi connectivity index (χ1n) is 9.00. The molecule has 2 atom stereocenters. The van der Waals surface area contributed by atoms with Gasteiger partial charge in [-0.25, -0.2) is 0 Å². The lowest BCUT2D eigenvalue weighted by Crippen LogP contribution is -2.37. The molecule has 0 spiro atoms. The molecule has 6 heteroatoms. The summed E-state index contributed by atoms with van der Waals surface area (Å²) in [5.74, 6) is -1.42. The molecule has 1 amide bonds. The van der Waals surface area contributed by atoms with Crippen molar-refractivity contribution in [3.05, 3.63) is 78.0 Å². The molecule has 1 aliphatic rings. The Morgan fingerprint density at radius 1 is 1.21 bits per heavy atom. The number of amides is 1. The monoisotopic (exact) mass is 377 g/mol. The number of carboxylic acids is 1. The van der Waals surface area contributed by atoms with E-state index in [0.29, 0.717) is 5.69 Å². The van der Waals surface area contributed by atoms with Crippen LogP contribution in [0.25, 0.3) is 6.08 Å². The lowest BCUT2D eigenvalue weighted by molar-refractivity contribution is -0.138. The highest BCUT2D eigenvalue weighted by Crippen LogP contribution is 2.33. The summed E-state index contributed by atoms with van der Waals surface area (Å²) in [6.07, 6.45) is 7.99. The molecule has 0 aliphatic carbocycles. The third-order valence-electron chi connectivity index (χ3n) is 4.60. The normalized spacial score (nSPS) is 16.6. The van der Waals surface area contributed by atoms with Gasteiger partial charge in [-0.05, 0) is 29.3 Å². The van der Waals surface area contributed by atoms with Crippen LogP contribution in [-0.4, -0.2) is 30.1 Å². The van der Waals surface area contributed by atoms with Crippen molar-refractivity contribution in [3.63, 3.8) is 0 Å². The van der Waals surface area contributed by atoms with Gasteiger partial charge in [0.05, 0.1) is 12.5 Å². The van der Waals surface area contributed by atoms with Crippen molar-refractivity contribution in [2.24, 2.45) is 5.73 Å². The van der Waals surface area contributed by atoms with Crippen LogP contribution in [0.2, 0.25) is 0 Å². The number of nitrogens with one attached hydrogen (secondary N) is 1. The maximum absolute atomic E-state index is 11.9. The number of aliphatic carboxylic acids is 1. The molecule has 0 radical (unpaired) electrons. The number of nitrogens with zero attached hydrogens (tertiary/aromatic N) is 1. The predicted octanol–water partition coefficient (Wildman–Crippen LogP) is 3.19. The lowest BCUT2D eigenvalue weighted by atomic mass is 9.93. The Balaban J connectivity index is 1.65. The first-order chi connectivity index (χ1) is 13.4. The number of fused-ring (bicyclic) bond motifs is 1. The zero-order valence-corrected chi connectivity index (χ0v) is 15.6. The zero-order chi connectivity index (χ0) is 20.1. The molecule has 2 aromatic rings. The highest BCUT2D eigenvalue weighted by atomic mass is 16.4. The molecule has 144 valence electrons. The van der Waals surface area contributed by atoms with E-state index in [4.69, 9.17) is 10.8 Å².